The van der Waals surface area contributed by atoms with Gasteiger partial charge in [-0.2, -0.15) is 25.3 Å². The summed E-state index contributed by atoms with van der Waals surface area (Å²) < 4.78 is 0. The van der Waals surface area contributed by atoms with Crippen LogP contribution in [0.1, 0.15) is 0 Å². The van der Waals surface area contributed by atoms with Crippen molar-refractivity contribution in [3.63, 3.8) is 0 Å². The summed E-state index contributed by atoms with van der Waals surface area (Å²) in [4.78, 5) is 46.5. The molecule has 3 amide bonds. The van der Waals surface area contributed by atoms with Gasteiger partial charge >= 0.3 is 5.97 Å². The zero-order chi connectivity index (χ0) is 19.6. The summed E-state index contributed by atoms with van der Waals surface area (Å²) in [5, 5.41) is 33.3. The fourth-order valence-electron chi connectivity index (χ4n) is 1.48. The van der Waals surface area contributed by atoms with Gasteiger partial charge in [-0.1, -0.05) is 0 Å². The second-order valence-electron chi connectivity index (χ2n) is 4.86. The largest absolute Gasteiger partial charge is 0.480 e. The molecule has 0 aliphatic carbocycles. The maximum atomic E-state index is 12.0. The Bertz CT molecular complexity index is 494. The number of thiol groups is 2. The number of carbonyl (C=O) groups excluding carboxylic acids is 3. The molecule has 13 heteroatoms. The van der Waals surface area contributed by atoms with Crippen molar-refractivity contribution in [3.05, 3.63) is 0 Å². The molecule has 0 rings (SSSR count). The number of aliphatic carboxylic acids is 1. The number of carbonyl (C=O) groups is 4. The van der Waals surface area contributed by atoms with E-state index in [0.29, 0.717) is 0 Å². The van der Waals surface area contributed by atoms with Crippen LogP contribution in [-0.2, 0) is 19.2 Å². The Hall–Kier alpha value is -1.54. The van der Waals surface area contributed by atoms with E-state index >= 15 is 0 Å². The Kier molecular flexibility index (Phi) is 11.2. The molecule has 4 atom stereocenters. The number of hydrogen-bond donors (Lipinski definition) is 9. The SMILES string of the molecule is NC(CO)C(=O)NC(CO)C(=O)NC(CS)C(=O)NC(CS)C(=O)O. The molecule has 8 N–H and O–H groups in total. The third kappa shape index (κ3) is 7.92. The summed E-state index contributed by atoms with van der Waals surface area (Å²) in [6.45, 7) is -1.45. The second kappa shape index (κ2) is 11.9. The molecule has 25 heavy (non-hydrogen) atoms. The Labute approximate surface area is 154 Å². The minimum atomic E-state index is -1.42. The first-order chi connectivity index (χ1) is 11.7. The monoisotopic (exact) mass is 398 g/mol. The highest BCUT2D eigenvalue weighted by atomic mass is 32.1. The Balaban J connectivity index is 4.86. The summed E-state index contributed by atoms with van der Waals surface area (Å²) in [5.41, 5.74) is 5.28. The molecule has 0 fully saturated rings. The number of aliphatic hydroxyl groups excluding tert-OH is 2. The fraction of sp³-hybridized carbons (Fsp3) is 0.667. The van der Waals surface area contributed by atoms with E-state index in [1.807, 2.05) is 0 Å². The van der Waals surface area contributed by atoms with E-state index in [0.717, 1.165) is 0 Å². The number of hydrogen-bond acceptors (Lipinski definition) is 9. The first kappa shape index (κ1) is 23.5. The van der Waals surface area contributed by atoms with Gasteiger partial charge < -0.3 is 37.0 Å². The predicted octanol–water partition coefficient (Wildman–Crippen LogP) is -4.30. The van der Waals surface area contributed by atoms with E-state index in [2.05, 4.69) is 41.2 Å². The lowest BCUT2D eigenvalue weighted by Crippen LogP contribution is -2.59. The molecule has 11 nitrogen and oxygen atoms in total. The predicted molar refractivity (Wildman–Crippen MR) is 93.3 cm³/mol. The zero-order valence-corrected chi connectivity index (χ0v) is 14.9. The van der Waals surface area contributed by atoms with Crippen LogP contribution in [0.25, 0.3) is 0 Å². The number of nitrogens with two attached hydrogens (primary N) is 1. The number of aliphatic hydroxyl groups is 2. The van der Waals surface area contributed by atoms with Crippen LogP contribution in [-0.4, -0.2) is 87.9 Å². The topological polar surface area (TPSA) is 191 Å². The van der Waals surface area contributed by atoms with Crippen molar-refractivity contribution < 1.29 is 34.5 Å². The van der Waals surface area contributed by atoms with Gasteiger partial charge in [0.05, 0.1) is 13.2 Å². The third-order valence-electron chi connectivity index (χ3n) is 2.96. The van der Waals surface area contributed by atoms with Crippen molar-refractivity contribution in [1.29, 1.82) is 0 Å². The van der Waals surface area contributed by atoms with E-state index in [1.165, 1.54) is 0 Å². The van der Waals surface area contributed by atoms with E-state index in [1.54, 1.807) is 0 Å². The molecule has 0 aromatic carbocycles. The zero-order valence-electron chi connectivity index (χ0n) is 13.1. The van der Waals surface area contributed by atoms with E-state index < -0.39 is 61.1 Å². The molecule has 0 radical (unpaired) electrons. The van der Waals surface area contributed by atoms with Crippen molar-refractivity contribution in [2.45, 2.75) is 24.2 Å². The van der Waals surface area contributed by atoms with Gasteiger partial charge in [-0.25, -0.2) is 4.79 Å². The standard InChI is InChI=1S/C12H22N4O7S2/c13-5(1-17)9(19)14-6(2-18)10(20)15-7(3-24)11(21)16-8(4-25)12(22)23/h5-8,17-18,24-25H,1-4,13H2,(H,14,19)(H,15,20)(H,16,21)(H,22,23). The first-order valence-corrected chi connectivity index (χ1v) is 8.31. The van der Waals surface area contributed by atoms with Crippen LogP contribution in [0.15, 0.2) is 0 Å². The molecule has 0 aliphatic rings. The maximum Gasteiger partial charge on any atom is 0.327 e. The van der Waals surface area contributed by atoms with Gasteiger partial charge in [-0.15, -0.1) is 0 Å². The van der Waals surface area contributed by atoms with Gasteiger partial charge in [0, 0.05) is 11.5 Å². The number of nitrogens with one attached hydrogen (secondary N) is 3. The highest BCUT2D eigenvalue weighted by Crippen LogP contribution is 1.96. The summed E-state index contributed by atoms with van der Waals surface area (Å²) in [6, 6.07) is -5.17. The lowest BCUT2D eigenvalue weighted by Gasteiger charge is -2.23. The molecule has 0 saturated heterocycles. The molecule has 0 saturated carbocycles. The van der Waals surface area contributed by atoms with Crippen LogP contribution >= 0.6 is 25.3 Å². The Morgan fingerprint density at radius 1 is 0.800 bits per heavy atom. The Morgan fingerprint density at radius 2 is 1.24 bits per heavy atom. The molecule has 0 aliphatic heterocycles. The van der Waals surface area contributed by atoms with Crippen molar-refractivity contribution in [2.24, 2.45) is 5.73 Å². The summed E-state index contributed by atoms with van der Waals surface area (Å²) >= 11 is 7.70. The van der Waals surface area contributed by atoms with Crippen molar-refractivity contribution in [1.82, 2.24) is 16.0 Å². The number of carboxylic acid groups (broad SMARTS) is 1. The van der Waals surface area contributed by atoms with Crippen molar-refractivity contribution >= 4 is 48.9 Å². The maximum absolute atomic E-state index is 12.0. The minimum Gasteiger partial charge on any atom is -0.480 e. The van der Waals surface area contributed by atoms with Gasteiger partial charge in [0.15, 0.2) is 0 Å². The lowest BCUT2D eigenvalue weighted by atomic mass is 10.2. The van der Waals surface area contributed by atoms with Gasteiger partial charge in [-0.05, 0) is 0 Å². The fourth-order valence-corrected chi connectivity index (χ4v) is 1.98. The van der Waals surface area contributed by atoms with Gasteiger partial charge in [0.25, 0.3) is 0 Å². The molecule has 0 aromatic heterocycles. The van der Waals surface area contributed by atoms with Crippen molar-refractivity contribution in [3.8, 4) is 0 Å². The Morgan fingerprint density at radius 3 is 1.64 bits per heavy atom. The smallest absolute Gasteiger partial charge is 0.327 e. The average molecular weight is 398 g/mol. The molecule has 0 bridgehead atoms. The van der Waals surface area contributed by atoms with Gasteiger partial charge in [0.1, 0.15) is 24.2 Å². The number of rotatable bonds is 11. The van der Waals surface area contributed by atoms with Crippen LogP contribution in [0.4, 0.5) is 0 Å². The molecule has 144 valence electrons. The number of carboxylic acids is 1. The number of amides is 3. The van der Waals surface area contributed by atoms with Crippen LogP contribution in [0.3, 0.4) is 0 Å². The molecular formula is C12H22N4O7S2. The normalized spacial score (nSPS) is 15.4. The molecule has 0 spiro atoms. The van der Waals surface area contributed by atoms with Gasteiger partial charge in [-0.3, -0.25) is 14.4 Å². The van der Waals surface area contributed by atoms with Crippen LogP contribution < -0.4 is 21.7 Å². The van der Waals surface area contributed by atoms with Crippen LogP contribution in [0.5, 0.6) is 0 Å². The quantitative estimate of drug-likeness (QED) is 0.156. The summed E-state index contributed by atoms with van der Waals surface area (Å²) in [5.74, 6) is -4.23. The molecule has 0 heterocycles. The lowest BCUT2D eigenvalue weighted by molar-refractivity contribution is -0.141. The highest BCUT2D eigenvalue weighted by Gasteiger charge is 2.28. The van der Waals surface area contributed by atoms with E-state index in [9.17, 15) is 24.3 Å². The van der Waals surface area contributed by atoms with Crippen LogP contribution in [0, 0.1) is 0 Å². The second-order valence-corrected chi connectivity index (χ2v) is 5.59. The van der Waals surface area contributed by atoms with E-state index in [4.69, 9.17) is 15.9 Å². The van der Waals surface area contributed by atoms with Crippen molar-refractivity contribution in [2.75, 3.05) is 24.7 Å². The highest BCUT2D eigenvalue weighted by molar-refractivity contribution is 7.80. The van der Waals surface area contributed by atoms with Gasteiger partial charge in [0.2, 0.25) is 17.7 Å². The first-order valence-electron chi connectivity index (χ1n) is 7.04. The molecule has 4 unspecified atom stereocenters. The summed E-state index contributed by atoms with van der Waals surface area (Å²) in [7, 11) is 0. The van der Waals surface area contributed by atoms with Crippen LogP contribution in [0.2, 0.25) is 0 Å². The minimum absolute atomic E-state index is 0.164. The van der Waals surface area contributed by atoms with E-state index in [-0.39, 0.29) is 11.5 Å². The molecule has 0 aromatic rings. The molecular weight excluding hydrogens is 376 g/mol. The summed E-state index contributed by atoms with van der Waals surface area (Å²) in [6.07, 6.45) is 0. The third-order valence-corrected chi connectivity index (χ3v) is 3.69. The average Bonchev–Trinajstić information content (AvgIpc) is 2.59.